The highest BCUT2D eigenvalue weighted by Gasteiger charge is 2.10. The molecule has 0 atom stereocenters. The van der Waals surface area contributed by atoms with Crippen LogP contribution in [0.25, 0.3) is 5.52 Å². The van der Waals surface area contributed by atoms with Gasteiger partial charge in [-0.3, -0.25) is 9.59 Å². The molecule has 0 fully saturated rings. The molecule has 3 aromatic rings. The number of likely N-dealkylation sites (N-methyl/N-ethyl adjacent to an activating group) is 1. The molecule has 0 aliphatic carbocycles. The number of hydrogen-bond acceptors (Lipinski definition) is 5. The second kappa shape index (κ2) is 9.59. The van der Waals surface area contributed by atoms with Crippen molar-refractivity contribution >= 4 is 17.8 Å². The molecule has 0 spiro atoms. The number of rotatable bonds is 6. The van der Waals surface area contributed by atoms with E-state index in [4.69, 9.17) is 9.47 Å². The summed E-state index contributed by atoms with van der Waals surface area (Å²) < 4.78 is 12.0. The smallest absolute Gasteiger partial charge is 0.239 e. The van der Waals surface area contributed by atoms with Crippen molar-refractivity contribution in [3.8, 4) is 11.5 Å². The summed E-state index contributed by atoms with van der Waals surface area (Å²) in [4.78, 5) is 23.3. The second-order valence-electron chi connectivity index (χ2n) is 6.57. The number of pyridine rings is 1. The third-order valence-electron chi connectivity index (χ3n) is 4.39. The molecule has 1 aliphatic heterocycles. The summed E-state index contributed by atoms with van der Waals surface area (Å²) >= 11 is 0. The first-order chi connectivity index (χ1) is 14.1. The quantitative estimate of drug-likeness (QED) is 0.643. The van der Waals surface area contributed by atoms with Gasteiger partial charge in [0.1, 0.15) is 0 Å². The third kappa shape index (κ3) is 5.25. The fraction of sp³-hybridized carbons (Fsp3) is 0.286. The van der Waals surface area contributed by atoms with Crippen molar-refractivity contribution in [1.82, 2.24) is 19.8 Å². The number of ether oxygens (including phenoxy) is 2. The topological polar surface area (TPSA) is 85.2 Å². The predicted molar refractivity (Wildman–Crippen MR) is 108 cm³/mol. The lowest BCUT2D eigenvalue weighted by atomic mass is 10.1. The van der Waals surface area contributed by atoms with Crippen molar-refractivity contribution in [3.63, 3.8) is 0 Å². The minimum atomic E-state index is -0.159. The highest BCUT2D eigenvalue weighted by molar-refractivity contribution is 5.79. The molecule has 2 amide bonds. The van der Waals surface area contributed by atoms with Gasteiger partial charge in [-0.1, -0.05) is 18.2 Å². The molecular formula is C21H24N4O4. The standard InChI is InChI=1S/C14H18N4O2.C7H6O2/c1-11-12(13-5-3-4-8-18(13)16-11)6-7-15-14(20)9-17(2)10-19;1-2-4-7-6(3-1)8-5-9-7/h3-5,8,10H,6-7,9H2,1-2H3,(H,15,20);1-4H,5H2. The number of para-hydroxylation sites is 2. The molecular weight excluding hydrogens is 372 g/mol. The summed E-state index contributed by atoms with van der Waals surface area (Å²) in [5, 5.41) is 7.22. The average molecular weight is 396 g/mol. The second-order valence-corrected chi connectivity index (χ2v) is 6.57. The number of fused-ring (bicyclic) bond motifs is 2. The van der Waals surface area contributed by atoms with Crippen LogP contribution in [0.5, 0.6) is 11.5 Å². The van der Waals surface area contributed by atoms with Crippen LogP contribution in [-0.2, 0) is 16.0 Å². The van der Waals surface area contributed by atoms with Gasteiger partial charge in [0.05, 0.1) is 17.8 Å². The minimum absolute atomic E-state index is 0.0806. The van der Waals surface area contributed by atoms with E-state index in [0.29, 0.717) is 19.7 Å². The average Bonchev–Trinajstić information content (AvgIpc) is 3.32. The monoisotopic (exact) mass is 396 g/mol. The van der Waals surface area contributed by atoms with Gasteiger partial charge in [0.2, 0.25) is 19.1 Å². The van der Waals surface area contributed by atoms with Crippen molar-refractivity contribution in [2.24, 2.45) is 0 Å². The van der Waals surface area contributed by atoms with E-state index in [1.54, 1.807) is 7.05 Å². The molecule has 0 bridgehead atoms. The highest BCUT2D eigenvalue weighted by atomic mass is 16.7. The zero-order chi connectivity index (χ0) is 20.6. The first-order valence-corrected chi connectivity index (χ1v) is 9.28. The minimum Gasteiger partial charge on any atom is -0.454 e. The maximum absolute atomic E-state index is 11.6. The maximum atomic E-state index is 11.6. The number of amides is 2. The van der Waals surface area contributed by atoms with Crippen LogP contribution in [0.4, 0.5) is 0 Å². The van der Waals surface area contributed by atoms with E-state index in [-0.39, 0.29) is 12.5 Å². The molecule has 1 aliphatic rings. The van der Waals surface area contributed by atoms with E-state index in [2.05, 4.69) is 10.4 Å². The fourth-order valence-electron chi connectivity index (χ4n) is 2.97. The van der Waals surface area contributed by atoms with E-state index < -0.39 is 0 Å². The van der Waals surface area contributed by atoms with E-state index >= 15 is 0 Å². The van der Waals surface area contributed by atoms with Gasteiger partial charge in [-0.25, -0.2) is 4.52 Å². The summed E-state index contributed by atoms with van der Waals surface area (Å²) in [7, 11) is 1.57. The zero-order valence-electron chi connectivity index (χ0n) is 16.5. The zero-order valence-corrected chi connectivity index (χ0v) is 16.5. The normalized spacial score (nSPS) is 11.5. The van der Waals surface area contributed by atoms with Crippen molar-refractivity contribution in [2.75, 3.05) is 26.9 Å². The predicted octanol–water partition coefficient (Wildman–Crippen LogP) is 1.80. The van der Waals surface area contributed by atoms with E-state index in [1.807, 2.05) is 60.1 Å². The van der Waals surface area contributed by atoms with Gasteiger partial charge in [0, 0.05) is 25.4 Å². The van der Waals surface area contributed by atoms with Crippen LogP contribution in [0.15, 0.2) is 48.7 Å². The van der Waals surface area contributed by atoms with Crippen LogP contribution < -0.4 is 14.8 Å². The molecule has 1 N–H and O–H groups in total. The lowest BCUT2D eigenvalue weighted by Crippen LogP contribution is -2.35. The number of aromatic nitrogens is 2. The molecule has 2 aromatic heterocycles. The summed E-state index contributed by atoms with van der Waals surface area (Å²) in [6, 6.07) is 13.5. The molecule has 8 heteroatoms. The van der Waals surface area contributed by atoms with Crippen LogP contribution in [0.3, 0.4) is 0 Å². The Bertz CT molecular complexity index is 963. The maximum Gasteiger partial charge on any atom is 0.239 e. The van der Waals surface area contributed by atoms with Crippen molar-refractivity contribution in [2.45, 2.75) is 13.3 Å². The molecule has 0 radical (unpaired) electrons. The van der Waals surface area contributed by atoms with Gasteiger partial charge >= 0.3 is 0 Å². The molecule has 152 valence electrons. The van der Waals surface area contributed by atoms with E-state index in [9.17, 15) is 9.59 Å². The van der Waals surface area contributed by atoms with Crippen LogP contribution >= 0.6 is 0 Å². The Morgan fingerprint density at radius 1 is 1.21 bits per heavy atom. The number of benzene rings is 1. The van der Waals surface area contributed by atoms with Crippen LogP contribution in [0, 0.1) is 6.92 Å². The third-order valence-corrected chi connectivity index (χ3v) is 4.39. The Morgan fingerprint density at radius 3 is 2.59 bits per heavy atom. The van der Waals surface area contributed by atoms with Gasteiger partial charge in [0.25, 0.3) is 0 Å². The Labute approximate surface area is 169 Å². The summed E-state index contributed by atoms with van der Waals surface area (Å²) in [6.45, 7) is 2.93. The van der Waals surface area contributed by atoms with Crippen LogP contribution in [0.1, 0.15) is 11.3 Å². The number of carbonyl (C=O) groups is 2. The van der Waals surface area contributed by atoms with Crippen molar-refractivity contribution in [3.05, 3.63) is 59.9 Å². The van der Waals surface area contributed by atoms with Gasteiger partial charge in [-0.05, 0) is 37.6 Å². The number of nitrogens with one attached hydrogen (secondary N) is 1. The van der Waals surface area contributed by atoms with Gasteiger partial charge < -0.3 is 19.7 Å². The van der Waals surface area contributed by atoms with Crippen molar-refractivity contribution in [1.29, 1.82) is 0 Å². The SMILES string of the molecule is Cc1nn2ccccc2c1CCNC(=O)CN(C)C=O.c1ccc2c(c1)OCO2. The Kier molecular flexibility index (Phi) is 6.67. The molecule has 8 nitrogen and oxygen atoms in total. The van der Waals surface area contributed by atoms with Gasteiger partial charge in [0.15, 0.2) is 11.5 Å². The number of nitrogens with zero attached hydrogens (tertiary/aromatic N) is 3. The Balaban J connectivity index is 0.000000220. The van der Waals surface area contributed by atoms with Crippen LogP contribution in [-0.4, -0.2) is 53.8 Å². The van der Waals surface area contributed by atoms with Gasteiger partial charge in [-0.2, -0.15) is 5.10 Å². The largest absolute Gasteiger partial charge is 0.454 e. The molecule has 0 saturated heterocycles. The van der Waals surface area contributed by atoms with E-state index in [0.717, 1.165) is 34.7 Å². The fourth-order valence-corrected chi connectivity index (χ4v) is 2.97. The number of aryl methyl sites for hydroxylation is 1. The summed E-state index contributed by atoms with van der Waals surface area (Å²) in [6.07, 6.45) is 3.26. The summed E-state index contributed by atoms with van der Waals surface area (Å²) in [5.74, 6) is 1.53. The number of hydrogen-bond donors (Lipinski definition) is 1. The van der Waals surface area contributed by atoms with Crippen LogP contribution in [0.2, 0.25) is 0 Å². The molecule has 3 heterocycles. The Morgan fingerprint density at radius 2 is 1.90 bits per heavy atom. The first-order valence-electron chi connectivity index (χ1n) is 9.28. The lowest BCUT2D eigenvalue weighted by molar-refractivity contribution is -0.127. The highest BCUT2D eigenvalue weighted by Crippen LogP contribution is 2.30. The molecule has 0 saturated carbocycles. The summed E-state index contributed by atoms with van der Waals surface area (Å²) in [5.41, 5.74) is 3.16. The number of carbonyl (C=O) groups excluding carboxylic acids is 2. The lowest BCUT2D eigenvalue weighted by Gasteiger charge is -2.10. The molecule has 0 unspecified atom stereocenters. The van der Waals surface area contributed by atoms with Crippen molar-refractivity contribution < 1.29 is 19.1 Å². The van der Waals surface area contributed by atoms with Gasteiger partial charge in [-0.15, -0.1) is 0 Å². The van der Waals surface area contributed by atoms with E-state index in [1.165, 1.54) is 4.90 Å². The molecule has 1 aromatic carbocycles. The first kappa shape index (κ1) is 20.2. The molecule has 29 heavy (non-hydrogen) atoms. The molecule has 4 rings (SSSR count). The Hall–Kier alpha value is -3.55.